The van der Waals surface area contributed by atoms with Gasteiger partial charge in [-0.05, 0) is 56.4 Å². The molecule has 0 spiro atoms. The van der Waals surface area contributed by atoms with Gasteiger partial charge in [-0.2, -0.15) is 0 Å². The minimum Gasteiger partial charge on any atom is -0.497 e. The number of hydrogen-bond donors (Lipinski definition) is 1. The third kappa shape index (κ3) is 7.72. The summed E-state index contributed by atoms with van der Waals surface area (Å²) in [4.78, 5) is 0. The van der Waals surface area contributed by atoms with Crippen LogP contribution in [0, 0.1) is 5.92 Å². The molecule has 0 radical (unpaired) electrons. The third-order valence-corrected chi connectivity index (χ3v) is 4.04. The van der Waals surface area contributed by atoms with Crippen LogP contribution in [0.2, 0.25) is 0 Å². The summed E-state index contributed by atoms with van der Waals surface area (Å²) in [6.45, 7) is 8.90. The molecule has 1 unspecified atom stereocenters. The van der Waals surface area contributed by atoms with Crippen molar-refractivity contribution < 1.29 is 9.47 Å². The van der Waals surface area contributed by atoms with E-state index in [2.05, 4.69) is 50.4 Å². The lowest BCUT2D eigenvalue weighted by Gasteiger charge is -2.25. The van der Waals surface area contributed by atoms with Crippen molar-refractivity contribution in [2.45, 2.75) is 39.3 Å². The summed E-state index contributed by atoms with van der Waals surface area (Å²) in [5, 5.41) is 3.61. The summed E-state index contributed by atoms with van der Waals surface area (Å²) in [7, 11) is 1.71. The van der Waals surface area contributed by atoms with Crippen molar-refractivity contribution in [3.05, 3.63) is 65.7 Å². The highest BCUT2D eigenvalue weighted by molar-refractivity contribution is 5.28. The molecule has 2 aromatic carbocycles. The maximum atomic E-state index is 6.00. The van der Waals surface area contributed by atoms with Gasteiger partial charge in [-0.3, -0.25) is 0 Å². The van der Waals surface area contributed by atoms with Gasteiger partial charge in [-0.1, -0.05) is 42.5 Å². The van der Waals surface area contributed by atoms with Crippen LogP contribution in [0.4, 0.5) is 0 Å². The van der Waals surface area contributed by atoms with Crippen LogP contribution in [-0.2, 0) is 17.8 Å². The summed E-state index contributed by atoms with van der Waals surface area (Å²) >= 11 is 0. The average Bonchev–Trinajstić information content (AvgIpc) is 2.60. The van der Waals surface area contributed by atoms with Gasteiger partial charge >= 0.3 is 0 Å². The quantitative estimate of drug-likeness (QED) is 0.730. The topological polar surface area (TPSA) is 30.5 Å². The number of hydrogen-bond acceptors (Lipinski definition) is 3. The summed E-state index contributed by atoms with van der Waals surface area (Å²) in [5.41, 5.74) is 2.60. The summed E-state index contributed by atoms with van der Waals surface area (Å²) in [6, 6.07) is 18.6. The smallest absolute Gasteiger partial charge is 0.119 e. The van der Waals surface area contributed by atoms with E-state index < -0.39 is 0 Å². The molecule has 1 N–H and O–H groups in total. The Morgan fingerprint density at radius 1 is 0.960 bits per heavy atom. The first-order valence-corrected chi connectivity index (χ1v) is 8.96. The molecule has 25 heavy (non-hydrogen) atoms. The van der Waals surface area contributed by atoms with Crippen LogP contribution in [0.15, 0.2) is 54.6 Å². The van der Waals surface area contributed by atoms with E-state index in [0.717, 1.165) is 25.3 Å². The minimum atomic E-state index is 0.103. The van der Waals surface area contributed by atoms with E-state index in [4.69, 9.17) is 9.47 Å². The lowest BCUT2D eigenvalue weighted by Crippen LogP contribution is -2.40. The molecule has 0 saturated carbocycles. The van der Waals surface area contributed by atoms with E-state index in [-0.39, 0.29) is 5.54 Å². The molecule has 1 atom stereocenters. The monoisotopic (exact) mass is 341 g/mol. The molecule has 0 heterocycles. The highest BCUT2D eigenvalue weighted by atomic mass is 16.5. The highest BCUT2D eigenvalue weighted by Crippen LogP contribution is 2.17. The standard InChI is InChI=1S/C22H31NO2/c1-22(2,3)23-15-20(13-19-11-8-12-21(14-19)24-4)17-25-16-18-9-6-5-7-10-18/h5-12,14,20,23H,13,15-17H2,1-4H3. The second-order valence-corrected chi connectivity index (χ2v) is 7.55. The van der Waals surface area contributed by atoms with Crippen LogP contribution >= 0.6 is 0 Å². The van der Waals surface area contributed by atoms with E-state index in [0.29, 0.717) is 12.5 Å². The van der Waals surface area contributed by atoms with Crippen molar-refractivity contribution >= 4 is 0 Å². The zero-order valence-corrected chi connectivity index (χ0v) is 15.9. The van der Waals surface area contributed by atoms with Gasteiger partial charge < -0.3 is 14.8 Å². The molecule has 0 bridgehead atoms. The fourth-order valence-electron chi connectivity index (χ4n) is 2.69. The second-order valence-electron chi connectivity index (χ2n) is 7.55. The van der Waals surface area contributed by atoms with Gasteiger partial charge in [0.25, 0.3) is 0 Å². The maximum Gasteiger partial charge on any atom is 0.119 e. The first-order valence-electron chi connectivity index (χ1n) is 8.96. The van der Waals surface area contributed by atoms with Crippen molar-refractivity contribution in [3.8, 4) is 5.75 Å². The lowest BCUT2D eigenvalue weighted by molar-refractivity contribution is 0.0843. The third-order valence-electron chi connectivity index (χ3n) is 4.04. The largest absolute Gasteiger partial charge is 0.497 e. The Morgan fingerprint density at radius 2 is 1.68 bits per heavy atom. The zero-order chi connectivity index (χ0) is 18.1. The fraction of sp³-hybridized carbons (Fsp3) is 0.455. The summed E-state index contributed by atoms with van der Waals surface area (Å²) in [6.07, 6.45) is 0.967. The van der Waals surface area contributed by atoms with E-state index in [9.17, 15) is 0 Å². The number of ether oxygens (including phenoxy) is 2. The second kappa shape index (κ2) is 9.59. The molecule has 3 nitrogen and oxygen atoms in total. The van der Waals surface area contributed by atoms with Crippen LogP contribution in [0.25, 0.3) is 0 Å². The Morgan fingerprint density at radius 3 is 2.36 bits per heavy atom. The Balaban J connectivity index is 1.94. The number of rotatable bonds is 9. The summed E-state index contributed by atoms with van der Waals surface area (Å²) in [5.74, 6) is 1.32. The van der Waals surface area contributed by atoms with Crippen LogP contribution < -0.4 is 10.1 Å². The SMILES string of the molecule is COc1cccc(CC(CNC(C)(C)C)COCc2ccccc2)c1. The van der Waals surface area contributed by atoms with Crippen molar-refractivity contribution in [3.63, 3.8) is 0 Å². The van der Waals surface area contributed by atoms with Crippen LogP contribution in [0.3, 0.4) is 0 Å². The van der Waals surface area contributed by atoms with Gasteiger partial charge in [0.2, 0.25) is 0 Å². The van der Waals surface area contributed by atoms with Gasteiger partial charge in [-0.25, -0.2) is 0 Å². The van der Waals surface area contributed by atoms with Crippen LogP contribution in [-0.4, -0.2) is 25.8 Å². The Labute approximate surface area is 152 Å². The Bertz CT molecular complexity index is 619. The van der Waals surface area contributed by atoms with Gasteiger partial charge in [-0.15, -0.1) is 0 Å². The molecular formula is C22H31NO2. The van der Waals surface area contributed by atoms with Crippen LogP contribution in [0.1, 0.15) is 31.9 Å². The lowest BCUT2D eigenvalue weighted by atomic mass is 9.98. The fourth-order valence-corrected chi connectivity index (χ4v) is 2.69. The average molecular weight is 341 g/mol. The van der Waals surface area contributed by atoms with E-state index in [1.807, 2.05) is 30.3 Å². The molecule has 0 saturated heterocycles. The molecule has 0 aliphatic heterocycles. The molecule has 0 aliphatic rings. The Kier molecular flexibility index (Phi) is 7.48. The van der Waals surface area contributed by atoms with Gasteiger partial charge in [0.15, 0.2) is 0 Å². The highest BCUT2D eigenvalue weighted by Gasteiger charge is 2.15. The molecule has 2 rings (SSSR count). The van der Waals surface area contributed by atoms with E-state index in [1.54, 1.807) is 7.11 Å². The Hall–Kier alpha value is -1.84. The molecule has 2 aromatic rings. The first-order chi connectivity index (χ1) is 12.0. The molecular weight excluding hydrogens is 310 g/mol. The van der Waals surface area contributed by atoms with E-state index in [1.165, 1.54) is 11.1 Å². The molecule has 0 aliphatic carbocycles. The van der Waals surface area contributed by atoms with Crippen molar-refractivity contribution in [1.82, 2.24) is 5.32 Å². The normalized spacial score (nSPS) is 12.8. The number of methoxy groups -OCH3 is 1. The van der Waals surface area contributed by atoms with Crippen molar-refractivity contribution in [2.75, 3.05) is 20.3 Å². The minimum absolute atomic E-state index is 0.103. The first kappa shape index (κ1) is 19.5. The molecule has 0 fully saturated rings. The molecule has 136 valence electrons. The number of nitrogens with one attached hydrogen (secondary N) is 1. The predicted octanol–water partition coefficient (Wildman–Crippen LogP) is 4.46. The molecule has 3 heteroatoms. The number of benzene rings is 2. The predicted molar refractivity (Wildman–Crippen MR) is 104 cm³/mol. The zero-order valence-electron chi connectivity index (χ0n) is 15.9. The summed E-state index contributed by atoms with van der Waals surface area (Å²) < 4.78 is 11.3. The van der Waals surface area contributed by atoms with Crippen molar-refractivity contribution in [2.24, 2.45) is 5.92 Å². The van der Waals surface area contributed by atoms with Gasteiger partial charge in [0.1, 0.15) is 5.75 Å². The van der Waals surface area contributed by atoms with Gasteiger partial charge in [0.05, 0.1) is 20.3 Å². The van der Waals surface area contributed by atoms with Crippen LogP contribution in [0.5, 0.6) is 5.75 Å². The molecule has 0 aromatic heterocycles. The van der Waals surface area contributed by atoms with Gasteiger partial charge in [0, 0.05) is 12.1 Å². The molecule has 0 amide bonds. The van der Waals surface area contributed by atoms with E-state index >= 15 is 0 Å². The van der Waals surface area contributed by atoms with Crippen molar-refractivity contribution in [1.29, 1.82) is 0 Å². The maximum absolute atomic E-state index is 6.00.